The number of ether oxygens (including phenoxy) is 2. The Morgan fingerprint density at radius 1 is 1.14 bits per heavy atom. The molecule has 0 radical (unpaired) electrons. The summed E-state index contributed by atoms with van der Waals surface area (Å²) in [6.45, 7) is 4.53. The van der Waals surface area contributed by atoms with Gasteiger partial charge in [0.2, 0.25) is 5.79 Å². The number of aliphatic hydroxyl groups excluding tert-OH is 1. The van der Waals surface area contributed by atoms with Gasteiger partial charge in [-0.15, -0.1) is 0 Å². The molecule has 2 aromatic carbocycles. The van der Waals surface area contributed by atoms with Crippen LogP contribution in [0.25, 0.3) is 0 Å². The number of benzene rings is 2. The predicted octanol–water partition coefficient (Wildman–Crippen LogP) is 5.19. The fourth-order valence-electron chi connectivity index (χ4n) is 4.76. The van der Waals surface area contributed by atoms with Crippen LogP contribution < -0.4 is 5.73 Å². The maximum Gasteiger partial charge on any atom is 0.270 e. The van der Waals surface area contributed by atoms with Gasteiger partial charge in [0.1, 0.15) is 6.26 Å². The molecule has 36 heavy (non-hydrogen) atoms. The second-order valence-electron chi connectivity index (χ2n) is 9.32. The topological polar surface area (TPSA) is 108 Å². The zero-order valence-corrected chi connectivity index (χ0v) is 21.5. The lowest BCUT2D eigenvalue weighted by atomic mass is 9.87. The maximum atomic E-state index is 11.5. The summed E-state index contributed by atoms with van der Waals surface area (Å²) in [7, 11) is 0. The van der Waals surface area contributed by atoms with Crippen molar-refractivity contribution in [3.05, 3.63) is 87.1 Å². The minimum Gasteiger partial charge on any atom is -0.443 e. The van der Waals surface area contributed by atoms with Crippen molar-refractivity contribution in [1.29, 1.82) is 0 Å². The molecule has 3 aromatic rings. The van der Waals surface area contributed by atoms with Crippen LogP contribution in [0.15, 0.2) is 47.1 Å². The normalized spacial score (nSPS) is 19.9. The first-order valence-corrected chi connectivity index (χ1v) is 12.7. The largest absolute Gasteiger partial charge is 0.443 e. The summed E-state index contributed by atoms with van der Waals surface area (Å²) in [6.07, 6.45) is 5.94. The first-order valence-electron chi connectivity index (χ1n) is 12.3. The number of halogens is 1. The number of nitrogens with two attached hydrogens (primary N) is 1. The van der Waals surface area contributed by atoms with E-state index in [9.17, 15) is 9.90 Å². The van der Waals surface area contributed by atoms with Crippen LogP contribution in [0.2, 0.25) is 5.02 Å². The molecule has 8 heteroatoms. The van der Waals surface area contributed by atoms with Crippen LogP contribution >= 0.6 is 11.6 Å². The van der Waals surface area contributed by atoms with Gasteiger partial charge >= 0.3 is 0 Å². The van der Waals surface area contributed by atoms with Crippen LogP contribution in [-0.4, -0.2) is 29.2 Å². The Labute approximate surface area is 216 Å². The van der Waals surface area contributed by atoms with Crippen molar-refractivity contribution < 1.29 is 23.8 Å². The first-order chi connectivity index (χ1) is 17.3. The number of oxazole rings is 1. The van der Waals surface area contributed by atoms with Crippen molar-refractivity contribution in [3.8, 4) is 0 Å². The number of nitrogens with zero attached hydrogens (tertiary/aromatic N) is 1. The summed E-state index contributed by atoms with van der Waals surface area (Å²) >= 11 is 6.06. The zero-order valence-electron chi connectivity index (χ0n) is 20.8. The Hall–Kier alpha value is -2.71. The summed E-state index contributed by atoms with van der Waals surface area (Å²) < 4.78 is 18.0. The quantitative estimate of drug-likeness (QED) is 0.362. The number of aryl methyl sites for hydroxylation is 3. The number of primary amides is 1. The molecule has 2 unspecified atom stereocenters. The van der Waals surface area contributed by atoms with E-state index in [1.54, 1.807) is 6.92 Å². The van der Waals surface area contributed by atoms with E-state index < -0.39 is 11.7 Å². The number of unbranched alkanes of at least 4 members (excludes halogenated alkanes) is 1. The average molecular weight is 513 g/mol. The van der Waals surface area contributed by atoms with Crippen molar-refractivity contribution in [2.75, 3.05) is 13.2 Å². The van der Waals surface area contributed by atoms with E-state index in [-0.39, 0.29) is 24.3 Å². The zero-order chi connectivity index (χ0) is 25.7. The van der Waals surface area contributed by atoms with Gasteiger partial charge in [0, 0.05) is 18.1 Å². The van der Waals surface area contributed by atoms with E-state index in [4.69, 9.17) is 31.2 Å². The number of carbonyl (C=O) groups is 1. The Bertz CT molecular complexity index is 1190. The van der Waals surface area contributed by atoms with Crippen LogP contribution in [0.4, 0.5) is 0 Å². The van der Waals surface area contributed by atoms with E-state index in [1.165, 1.54) is 28.5 Å². The fourth-order valence-corrected chi connectivity index (χ4v) is 4.89. The SMILES string of the molecule is Cc1c(CCCCO)ccc(CCc2ccc(Cl)cc2)c1C1CCOC(C)(c2nc(C(N)=O)co2)O1. The van der Waals surface area contributed by atoms with Crippen LogP contribution in [-0.2, 0) is 34.5 Å². The standard InChI is InChI=1S/C28H33ClN2O5/c1-18-20(5-3-4-15-32)10-11-21(9-6-19-7-12-22(29)13-8-19)25(18)24-14-16-35-28(2,36-24)27-31-23(17-34-27)26(30)33/h7-8,10-13,17,24,32H,3-6,9,14-16H2,1-2H3,(H2,30,33). The van der Waals surface area contributed by atoms with Crippen LogP contribution in [0.3, 0.4) is 0 Å². The molecule has 1 aliphatic heterocycles. The lowest BCUT2D eigenvalue weighted by molar-refractivity contribution is -0.305. The minimum absolute atomic E-state index is 0.0336. The van der Waals surface area contributed by atoms with E-state index >= 15 is 0 Å². The molecule has 1 saturated heterocycles. The molecular weight excluding hydrogens is 480 g/mol. The molecule has 7 nitrogen and oxygen atoms in total. The second-order valence-corrected chi connectivity index (χ2v) is 9.76. The molecule has 0 bridgehead atoms. The van der Waals surface area contributed by atoms with Gasteiger partial charge in [-0.25, -0.2) is 4.98 Å². The monoisotopic (exact) mass is 512 g/mol. The van der Waals surface area contributed by atoms with Crippen molar-refractivity contribution in [1.82, 2.24) is 4.98 Å². The summed E-state index contributed by atoms with van der Waals surface area (Å²) in [5.74, 6) is -1.75. The first kappa shape index (κ1) is 26.4. The summed E-state index contributed by atoms with van der Waals surface area (Å²) in [5, 5.41) is 9.95. The Balaban J connectivity index is 1.64. The molecule has 4 rings (SSSR count). The van der Waals surface area contributed by atoms with Crippen molar-refractivity contribution in [3.63, 3.8) is 0 Å². The van der Waals surface area contributed by atoms with Crippen LogP contribution in [0, 0.1) is 6.92 Å². The van der Waals surface area contributed by atoms with Crippen molar-refractivity contribution in [2.24, 2.45) is 5.73 Å². The number of rotatable bonds is 10. The predicted molar refractivity (Wildman–Crippen MR) is 137 cm³/mol. The number of amides is 1. The fraction of sp³-hybridized carbons (Fsp3) is 0.429. The molecule has 1 amide bonds. The lowest BCUT2D eigenvalue weighted by Gasteiger charge is -2.38. The Kier molecular flexibility index (Phi) is 8.46. The molecule has 0 saturated carbocycles. The molecule has 2 heterocycles. The maximum absolute atomic E-state index is 11.5. The Morgan fingerprint density at radius 2 is 1.89 bits per heavy atom. The van der Waals surface area contributed by atoms with E-state index in [2.05, 4.69) is 36.2 Å². The summed E-state index contributed by atoms with van der Waals surface area (Å²) in [5.41, 5.74) is 11.4. The molecule has 0 spiro atoms. The number of aromatic nitrogens is 1. The molecule has 1 fully saturated rings. The van der Waals surface area contributed by atoms with Gasteiger partial charge in [0.15, 0.2) is 5.69 Å². The highest BCUT2D eigenvalue weighted by Crippen LogP contribution is 2.42. The average Bonchev–Trinajstić information content (AvgIpc) is 3.37. The van der Waals surface area contributed by atoms with Crippen LogP contribution in [0.5, 0.6) is 0 Å². The summed E-state index contributed by atoms with van der Waals surface area (Å²) in [4.78, 5) is 15.7. The van der Waals surface area contributed by atoms with Gasteiger partial charge in [-0.1, -0.05) is 35.9 Å². The van der Waals surface area contributed by atoms with E-state index in [0.717, 1.165) is 42.7 Å². The van der Waals surface area contributed by atoms with Gasteiger partial charge in [-0.05, 0) is 85.9 Å². The number of hydrogen-bond donors (Lipinski definition) is 2. The summed E-state index contributed by atoms with van der Waals surface area (Å²) in [6, 6.07) is 12.3. The highest BCUT2D eigenvalue weighted by atomic mass is 35.5. The van der Waals surface area contributed by atoms with Gasteiger partial charge in [0.25, 0.3) is 11.8 Å². The third-order valence-electron chi connectivity index (χ3n) is 6.76. The Morgan fingerprint density at radius 3 is 2.58 bits per heavy atom. The minimum atomic E-state index is -1.25. The molecule has 0 aliphatic carbocycles. The van der Waals surface area contributed by atoms with E-state index in [0.29, 0.717) is 13.0 Å². The third-order valence-corrected chi connectivity index (χ3v) is 7.01. The smallest absolute Gasteiger partial charge is 0.270 e. The second kappa shape index (κ2) is 11.6. The van der Waals surface area contributed by atoms with Gasteiger partial charge in [-0.3, -0.25) is 4.79 Å². The molecule has 192 valence electrons. The molecule has 3 N–H and O–H groups in total. The van der Waals surface area contributed by atoms with Gasteiger partial charge in [-0.2, -0.15) is 0 Å². The molecule has 1 aromatic heterocycles. The van der Waals surface area contributed by atoms with Crippen LogP contribution in [0.1, 0.15) is 76.5 Å². The van der Waals surface area contributed by atoms with Crippen molar-refractivity contribution >= 4 is 17.5 Å². The van der Waals surface area contributed by atoms with Gasteiger partial charge in [0.05, 0.1) is 12.7 Å². The number of carbonyl (C=O) groups excluding carboxylic acids is 1. The van der Waals surface area contributed by atoms with E-state index in [1.807, 2.05) is 12.1 Å². The van der Waals surface area contributed by atoms with Crippen molar-refractivity contribution in [2.45, 2.75) is 64.3 Å². The lowest BCUT2D eigenvalue weighted by Crippen LogP contribution is -2.37. The molecule has 1 aliphatic rings. The molecule has 2 atom stereocenters. The number of aliphatic hydroxyl groups is 1. The number of hydrogen-bond acceptors (Lipinski definition) is 6. The highest BCUT2D eigenvalue weighted by Gasteiger charge is 2.42. The molecular formula is C28H33ClN2O5. The third kappa shape index (κ3) is 5.98. The highest BCUT2D eigenvalue weighted by molar-refractivity contribution is 6.30. The van der Waals surface area contributed by atoms with Gasteiger partial charge < -0.3 is 24.7 Å².